The standard InChI is InChI=1S/C12H14BrNO4S/c13-9-3-1-2-4-11(9)19(17,18)14-10(7-12(15)16)8-5-6-8/h1-4,8,10,14H,5-7H2,(H,15,16). The van der Waals surface area contributed by atoms with Gasteiger partial charge in [-0.1, -0.05) is 12.1 Å². The molecule has 1 aliphatic rings. The zero-order valence-electron chi connectivity index (χ0n) is 10.0. The number of rotatable bonds is 6. The Labute approximate surface area is 120 Å². The van der Waals surface area contributed by atoms with Gasteiger partial charge in [-0.25, -0.2) is 13.1 Å². The molecule has 1 fully saturated rings. The fourth-order valence-electron chi connectivity index (χ4n) is 1.92. The van der Waals surface area contributed by atoms with Crippen molar-refractivity contribution in [3.05, 3.63) is 28.7 Å². The van der Waals surface area contributed by atoms with E-state index in [0.29, 0.717) is 4.47 Å². The Hall–Kier alpha value is -0.920. The third-order valence-electron chi connectivity index (χ3n) is 3.02. The molecule has 0 saturated heterocycles. The quantitative estimate of drug-likeness (QED) is 0.824. The predicted molar refractivity (Wildman–Crippen MR) is 73.2 cm³/mol. The lowest BCUT2D eigenvalue weighted by atomic mass is 10.1. The fraction of sp³-hybridized carbons (Fsp3) is 0.417. The number of halogens is 1. The van der Waals surface area contributed by atoms with Gasteiger partial charge in [-0.15, -0.1) is 0 Å². The van der Waals surface area contributed by atoms with Crippen LogP contribution in [0.1, 0.15) is 19.3 Å². The molecule has 1 unspecified atom stereocenters. The number of carbonyl (C=O) groups is 1. The van der Waals surface area contributed by atoms with Crippen molar-refractivity contribution in [1.29, 1.82) is 0 Å². The highest BCUT2D eigenvalue weighted by atomic mass is 79.9. The Morgan fingerprint density at radius 1 is 1.42 bits per heavy atom. The van der Waals surface area contributed by atoms with Crippen molar-refractivity contribution >= 4 is 31.9 Å². The molecule has 0 spiro atoms. The molecule has 2 rings (SSSR count). The van der Waals surface area contributed by atoms with Crippen LogP contribution in [-0.2, 0) is 14.8 Å². The molecular weight excluding hydrogens is 334 g/mol. The lowest BCUT2D eigenvalue weighted by Crippen LogP contribution is -2.38. The molecular formula is C12H14BrNO4S. The van der Waals surface area contributed by atoms with Gasteiger partial charge in [0, 0.05) is 10.5 Å². The molecule has 104 valence electrons. The summed E-state index contributed by atoms with van der Waals surface area (Å²) in [6.45, 7) is 0. The summed E-state index contributed by atoms with van der Waals surface area (Å²) in [6.07, 6.45) is 1.56. The van der Waals surface area contributed by atoms with Crippen LogP contribution in [0.15, 0.2) is 33.6 Å². The van der Waals surface area contributed by atoms with Crippen molar-refractivity contribution in [2.24, 2.45) is 5.92 Å². The maximum Gasteiger partial charge on any atom is 0.304 e. The van der Waals surface area contributed by atoms with Gasteiger partial charge in [0.25, 0.3) is 0 Å². The highest BCUT2D eigenvalue weighted by Gasteiger charge is 2.36. The van der Waals surface area contributed by atoms with Crippen LogP contribution >= 0.6 is 15.9 Å². The molecule has 7 heteroatoms. The number of carboxylic acid groups (broad SMARTS) is 1. The van der Waals surface area contributed by atoms with Crippen molar-refractivity contribution in [2.45, 2.75) is 30.2 Å². The molecule has 1 aliphatic carbocycles. The Morgan fingerprint density at radius 3 is 2.58 bits per heavy atom. The summed E-state index contributed by atoms with van der Waals surface area (Å²) in [5.74, 6) is -0.861. The van der Waals surface area contributed by atoms with E-state index in [9.17, 15) is 13.2 Å². The number of aliphatic carboxylic acids is 1. The molecule has 1 atom stereocenters. The van der Waals surface area contributed by atoms with Gasteiger partial charge in [-0.05, 0) is 46.8 Å². The van der Waals surface area contributed by atoms with Crippen molar-refractivity contribution in [3.63, 3.8) is 0 Å². The topological polar surface area (TPSA) is 83.5 Å². The zero-order valence-corrected chi connectivity index (χ0v) is 12.4. The van der Waals surface area contributed by atoms with Gasteiger partial charge in [-0.2, -0.15) is 0 Å². The van der Waals surface area contributed by atoms with Crippen LogP contribution in [-0.4, -0.2) is 25.5 Å². The van der Waals surface area contributed by atoms with E-state index in [1.54, 1.807) is 18.2 Å². The predicted octanol–water partition coefficient (Wildman–Crippen LogP) is 1.98. The third-order valence-corrected chi connectivity index (χ3v) is 5.52. The number of benzene rings is 1. The van der Waals surface area contributed by atoms with Crippen LogP contribution in [0.3, 0.4) is 0 Å². The van der Waals surface area contributed by atoms with E-state index in [4.69, 9.17) is 5.11 Å². The van der Waals surface area contributed by atoms with E-state index < -0.39 is 22.0 Å². The second kappa shape index (κ2) is 5.60. The SMILES string of the molecule is O=C(O)CC(NS(=O)(=O)c1ccccc1Br)C1CC1. The molecule has 5 nitrogen and oxygen atoms in total. The Morgan fingerprint density at radius 2 is 2.05 bits per heavy atom. The van der Waals surface area contributed by atoms with E-state index in [1.807, 2.05) is 0 Å². The summed E-state index contributed by atoms with van der Waals surface area (Å²) in [6, 6.07) is 5.94. The van der Waals surface area contributed by atoms with Gasteiger partial charge in [-0.3, -0.25) is 4.79 Å². The zero-order chi connectivity index (χ0) is 14.0. The molecule has 0 aliphatic heterocycles. The van der Waals surface area contributed by atoms with Crippen LogP contribution in [0.5, 0.6) is 0 Å². The van der Waals surface area contributed by atoms with E-state index in [0.717, 1.165) is 12.8 Å². The minimum Gasteiger partial charge on any atom is -0.481 e. The molecule has 19 heavy (non-hydrogen) atoms. The number of nitrogens with one attached hydrogen (secondary N) is 1. The maximum absolute atomic E-state index is 12.2. The van der Waals surface area contributed by atoms with Crippen LogP contribution in [0, 0.1) is 5.92 Å². The van der Waals surface area contributed by atoms with Crippen LogP contribution in [0.4, 0.5) is 0 Å². The van der Waals surface area contributed by atoms with Crippen LogP contribution < -0.4 is 4.72 Å². The summed E-state index contributed by atoms with van der Waals surface area (Å²) < 4.78 is 27.5. The molecule has 1 aromatic carbocycles. The highest BCUT2D eigenvalue weighted by Crippen LogP contribution is 2.35. The summed E-state index contributed by atoms with van der Waals surface area (Å²) in [4.78, 5) is 10.9. The fourth-order valence-corrected chi connectivity index (χ4v) is 4.22. The van der Waals surface area contributed by atoms with Gasteiger partial charge in [0.2, 0.25) is 10.0 Å². The first-order valence-corrected chi connectivity index (χ1v) is 8.16. The molecule has 0 radical (unpaired) electrons. The lowest BCUT2D eigenvalue weighted by Gasteiger charge is -2.17. The Kier molecular flexibility index (Phi) is 4.27. The van der Waals surface area contributed by atoms with Crippen molar-refractivity contribution in [3.8, 4) is 0 Å². The van der Waals surface area contributed by atoms with E-state index >= 15 is 0 Å². The van der Waals surface area contributed by atoms with Crippen molar-refractivity contribution < 1.29 is 18.3 Å². The van der Waals surface area contributed by atoms with Gasteiger partial charge in [0.1, 0.15) is 0 Å². The monoisotopic (exact) mass is 347 g/mol. The largest absolute Gasteiger partial charge is 0.481 e. The summed E-state index contributed by atoms with van der Waals surface area (Å²) in [7, 11) is -3.70. The summed E-state index contributed by atoms with van der Waals surface area (Å²) in [5.41, 5.74) is 0. The number of hydrogen-bond acceptors (Lipinski definition) is 3. The minimum atomic E-state index is -3.70. The highest BCUT2D eigenvalue weighted by molar-refractivity contribution is 9.10. The second-order valence-electron chi connectivity index (χ2n) is 4.59. The Bertz CT molecular complexity index is 583. The third kappa shape index (κ3) is 3.77. The average molecular weight is 348 g/mol. The molecule has 0 amide bonds. The van der Waals surface area contributed by atoms with Crippen LogP contribution in [0.25, 0.3) is 0 Å². The van der Waals surface area contributed by atoms with Crippen molar-refractivity contribution in [1.82, 2.24) is 4.72 Å². The Balaban J connectivity index is 2.20. The summed E-state index contributed by atoms with van der Waals surface area (Å²) in [5, 5.41) is 8.84. The average Bonchev–Trinajstić information content (AvgIpc) is 3.11. The molecule has 0 heterocycles. The van der Waals surface area contributed by atoms with E-state index in [2.05, 4.69) is 20.7 Å². The van der Waals surface area contributed by atoms with E-state index in [-0.39, 0.29) is 17.2 Å². The molecule has 0 bridgehead atoms. The molecule has 0 aromatic heterocycles. The number of sulfonamides is 1. The van der Waals surface area contributed by atoms with Crippen LogP contribution in [0.2, 0.25) is 0 Å². The smallest absolute Gasteiger partial charge is 0.304 e. The molecule has 1 aromatic rings. The second-order valence-corrected chi connectivity index (χ2v) is 7.13. The maximum atomic E-state index is 12.2. The lowest BCUT2D eigenvalue weighted by molar-refractivity contribution is -0.137. The van der Waals surface area contributed by atoms with E-state index in [1.165, 1.54) is 6.07 Å². The van der Waals surface area contributed by atoms with Gasteiger partial charge in [0.05, 0.1) is 11.3 Å². The molecule has 1 saturated carbocycles. The van der Waals surface area contributed by atoms with Crippen molar-refractivity contribution in [2.75, 3.05) is 0 Å². The first-order valence-electron chi connectivity index (χ1n) is 5.89. The number of hydrogen-bond donors (Lipinski definition) is 2. The first-order chi connectivity index (χ1) is 8.90. The normalized spacial score (nSPS) is 17.1. The number of carboxylic acids is 1. The van der Waals surface area contributed by atoms with Gasteiger partial charge < -0.3 is 5.11 Å². The minimum absolute atomic E-state index is 0.131. The van der Waals surface area contributed by atoms with Gasteiger partial charge in [0.15, 0.2) is 0 Å². The summed E-state index contributed by atoms with van der Waals surface area (Å²) >= 11 is 3.19. The first kappa shape index (κ1) is 14.5. The van der Waals surface area contributed by atoms with Gasteiger partial charge >= 0.3 is 5.97 Å². The molecule has 2 N–H and O–H groups in total.